The van der Waals surface area contributed by atoms with Crippen LogP contribution in [0.5, 0.6) is 0 Å². The van der Waals surface area contributed by atoms with Crippen molar-refractivity contribution in [3.63, 3.8) is 0 Å². The largest absolute Gasteiger partial charge is 0.396 e. The molecule has 0 saturated heterocycles. The number of nitrogens with one attached hydrogen (secondary N) is 1. The van der Waals surface area contributed by atoms with Crippen molar-refractivity contribution >= 4 is 11.7 Å². The fourth-order valence-corrected chi connectivity index (χ4v) is 3.04. The highest BCUT2D eigenvalue weighted by Crippen LogP contribution is 2.27. The molecule has 0 heterocycles. The molecular weight excluding hydrogens is 264 g/mol. The summed E-state index contributed by atoms with van der Waals surface area (Å²) < 4.78 is 0. The van der Waals surface area contributed by atoms with Crippen LogP contribution in [0, 0.1) is 19.8 Å². The van der Waals surface area contributed by atoms with Gasteiger partial charge in [0.1, 0.15) is 0 Å². The Bertz CT molecular complexity index is 494. The summed E-state index contributed by atoms with van der Waals surface area (Å²) in [7, 11) is 1.86. The SMILES string of the molecule is Cc1ccc(NC(=O)N(C)C2CCC(CO)CC2)c(C)c1. The highest BCUT2D eigenvalue weighted by atomic mass is 16.3. The van der Waals surface area contributed by atoms with Crippen molar-refractivity contribution in [1.82, 2.24) is 4.90 Å². The molecule has 1 aromatic rings. The number of aliphatic hydroxyl groups excluding tert-OH is 1. The third-order valence-corrected chi connectivity index (χ3v) is 4.57. The van der Waals surface area contributed by atoms with E-state index in [0.29, 0.717) is 5.92 Å². The minimum Gasteiger partial charge on any atom is -0.396 e. The molecule has 0 spiro atoms. The van der Waals surface area contributed by atoms with Crippen molar-refractivity contribution in [3.05, 3.63) is 29.3 Å². The van der Waals surface area contributed by atoms with Gasteiger partial charge in [-0.05, 0) is 57.1 Å². The van der Waals surface area contributed by atoms with Gasteiger partial charge in [0.2, 0.25) is 0 Å². The van der Waals surface area contributed by atoms with Crippen LogP contribution in [0.25, 0.3) is 0 Å². The summed E-state index contributed by atoms with van der Waals surface area (Å²) in [5.74, 6) is 0.414. The third kappa shape index (κ3) is 3.97. The number of benzene rings is 1. The van der Waals surface area contributed by atoms with Gasteiger partial charge in [-0.1, -0.05) is 17.7 Å². The Morgan fingerprint density at radius 2 is 1.95 bits per heavy atom. The molecule has 1 aliphatic carbocycles. The van der Waals surface area contributed by atoms with E-state index in [1.54, 1.807) is 0 Å². The lowest BCUT2D eigenvalue weighted by Gasteiger charge is -2.34. The quantitative estimate of drug-likeness (QED) is 0.897. The molecule has 2 rings (SSSR count). The first kappa shape index (κ1) is 15.8. The highest BCUT2D eigenvalue weighted by molar-refractivity contribution is 5.90. The first-order valence-corrected chi connectivity index (χ1v) is 7.73. The molecule has 0 radical (unpaired) electrons. The van der Waals surface area contributed by atoms with Crippen LogP contribution in [-0.4, -0.2) is 35.7 Å². The molecule has 2 N–H and O–H groups in total. The fraction of sp³-hybridized carbons (Fsp3) is 0.588. The number of carbonyl (C=O) groups is 1. The van der Waals surface area contributed by atoms with Crippen LogP contribution >= 0.6 is 0 Å². The normalized spacial score (nSPS) is 21.9. The van der Waals surface area contributed by atoms with Gasteiger partial charge >= 0.3 is 6.03 Å². The van der Waals surface area contributed by atoms with Crippen molar-refractivity contribution in [3.8, 4) is 0 Å². The summed E-state index contributed by atoms with van der Waals surface area (Å²) in [6, 6.07) is 6.27. The zero-order valence-corrected chi connectivity index (χ0v) is 13.2. The Labute approximate surface area is 127 Å². The molecule has 1 saturated carbocycles. The summed E-state index contributed by atoms with van der Waals surface area (Å²) in [6.45, 7) is 4.32. The molecule has 1 aliphatic rings. The molecule has 0 aromatic heterocycles. The zero-order valence-electron chi connectivity index (χ0n) is 13.2. The van der Waals surface area contributed by atoms with Crippen molar-refractivity contribution in [1.29, 1.82) is 0 Å². The Morgan fingerprint density at radius 3 is 2.52 bits per heavy atom. The molecule has 0 unspecified atom stereocenters. The third-order valence-electron chi connectivity index (χ3n) is 4.57. The van der Waals surface area contributed by atoms with E-state index in [2.05, 4.69) is 11.4 Å². The number of anilines is 1. The first-order valence-electron chi connectivity index (χ1n) is 7.73. The van der Waals surface area contributed by atoms with Gasteiger partial charge in [-0.15, -0.1) is 0 Å². The van der Waals surface area contributed by atoms with E-state index in [0.717, 1.165) is 36.9 Å². The van der Waals surface area contributed by atoms with E-state index < -0.39 is 0 Å². The Morgan fingerprint density at radius 1 is 1.29 bits per heavy atom. The maximum absolute atomic E-state index is 12.4. The summed E-state index contributed by atoms with van der Waals surface area (Å²) >= 11 is 0. The number of carbonyl (C=O) groups excluding carboxylic acids is 1. The number of aliphatic hydroxyl groups is 1. The van der Waals surface area contributed by atoms with Crippen molar-refractivity contribution in [2.75, 3.05) is 19.0 Å². The van der Waals surface area contributed by atoms with Gasteiger partial charge in [0.15, 0.2) is 0 Å². The number of hydrogen-bond donors (Lipinski definition) is 2. The minimum absolute atomic E-state index is 0.0469. The van der Waals surface area contributed by atoms with Crippen LogP contribution in [0.3, 0.4) is 0 Å². The van der Waals surface area contributed by atoms with Gasteiger partial charge in [0, 0.05) is 25.4 Å². The number of hydrogen-bond acceptors (Lipinski definition) is 2. The maximum atomic E-state index is 12.4. The van der Waals surface area contributed by atoms with Gasteiger partial charge in [0.25, 0.3) is 0 Å². The Kier molecular flexibility index (Phi) is 5.23. The lowest BCUT2D eigenvalue weighted by atomic mass is 9.86. The van der Waals surface area contributed by atoms with E-state index in [4.69, 9.17) is 0 Å². The van der Waals surface area contributed by atoms with Crippen LogP contribution in [-0.2, 0) is 0 Å². The standard InChI is InChI=1S/C17H26N2O2/c1-12-4-9-16(13(2)10-12)18-17(21)19(3)15-7-5-14(11-20)6-8-15/h4,9-10,14-15,20H,5-8,11H2,1-3H3,(H,18,21). The van der Waals surface area contributed by atoms with E-state index in [-0.39, 0.29) is 18.7 Å². The van der Waals surface area contributed by atoms with Gasteiger partial charge in [-0.25, -0.2) is 4.79 Å². The molecule has 21 heavy (non-hydrogen) atoms. The summed E-state index contributed by atoms with van der Waals surface area (Å²) in [6.07, 6.45) is 3.95. The smallest absolute Gasteiger partial charge is 0.321 e. The van der Waals surface area contributed by atoms with Crippen LogP contribution in [0.1, 0.15) is 36.8 Å². The molecule has 2 amide bonds. The fourth-order valence-electron chi connectivity index (χ4n) is 3.04. The monoisotopic (exact) mass is 290 g/mol. The second kappa shape index (κ2) is 6.94. The average molecular weight is 290 g/mol. The Hall–Kier alpha value is -1.55. The second-order valence-corrected chi connectivity index (χ2v) is 6.22. The maximum Gasteiger partial charge on any atom is 0.321 e. The van der Waals surface area contributed by atoms with Crippen LogP contribution in [0.2, 0.25) is 0 Å². The average Bonchev–Trinajstić information content (AvgIpc) is 2.49. The molecule has 0 atom stereocenters. The lowest BCUT2D eigenvalue weighted by Crippen LogP contribution is -2.42. The summed E-state index contributed by atoms with van der Waals surface area (Å²) in [4.78, 5) is 14.2. The molecule has 0 bridgehead atoms. The highest BCUT2D eigenvalue weighted by Gasteiger charge is 2.26. The van der Waals surface area contributed by atoms with Gasteiger partial charge in [0.05, 0.1) is 0 Å². The Balaban J connectivity index is 1.93. The van der Waals surface area contributed by atoms with Crippen molar-refractivity contribution in [2.24, 2.45) is 5.92 Å². The molecule has 0 aliphatic heterocycles. The molecule has 1 fully saturated rings. The van der Waals surface area contributed by atoms with Crippen LogP contribution in [0.4, 0.5) is 10.5 Å². The number of rotatable bonds is 3. The molecule has 1 aromatic carbocycles. The van der Waals surface area contributed by atoms with E-state index in [1.165, 1.54) is 5.56 Å². The second-order valence-electron chi connectivity index (χ2n) is 6.22. The summed E-state index contributed by atoms with van der Waals surface area (Å²) in [5, 5.41) is 12.2. The number of urea groups is 1. The van der Waals surface area contributed by atoms with E-state index >= 15 is 0 Å². The number of amides is 2. The van der Waals surface area contributed by atoms with Crippen LogP contribution < -0.4 is 5.32 Å². The molecular formula is C17H26N2O2. The van der Waals surface area contributed by atoms with Gasteiger partial charge in [-0.3, -0.25) is 0 Å². The van der Waals surface area contributed by atoms with Crippen molar-refractivity contribution in [2.45, 2.75) is 45.6 Å². The number of nitrogens with zero attached hydrogens (tertiary/aromatic N) is 1. The molecule has 116 valence electrons. The molecule has 4 nitrogen and oxygen atoms in total. The molecule has 4 heteroatoms. The predicted molar refractivity (Wildman–Crippen MR) is 85.5 cm³/mol. The number of aryl methyl sites for hydroxylation is 2. The van der Waals surface area contributed by atoms with Gasteiger partial charge in [-0.2, -0.15) is 0 Å². The topological polar surface area (TPSA) is 52.6 Å². The zero-order chi connectivity index (χ0) is 15.4. The lowest BCUT2D eigenvalue weighted by molar-refractivity contribution is 0.139. The predicted octanol–water partition coefficient (Wildman–Crippen LogP) is 3.32. The van der Waals surface area contributed by atoms with Gasteiger partial charge < -0.3 is 15.3 Å². The van der Waals surface area contributed by atoms with E-state index in [1.807, 2.05) is 37.9 Å². The summed E-state index contributed by atoms with van der Waals surface area (Å²) in [5.41, 5.74) is 3.16. The van der Waals surface area contributed by atoms with Crippen molar-refractivity contribution < 1.29 is 9.90 Å². The van der Waals surface area contributed by atoms with Crippen LogP contribution in [0.15, 0.2) is 18.2 Å². The first-order chi connectivity index (χ1) is 10.0. The van der Waals surface area contributed by atoms with E-state index in [9.17, 15) is 9.90 Å². The minimum atomic E-state index is -0.0469.